The van der Waals surface area contributed by atoms with Gasteiger partial charge >= 0.3 is 32.2 Å². The number of alkyl halides is 3. The van der Waals surface area contributed by atoms with Gasteiger partial charge in [0.1, 0.15) is 0 Å². The third kappa shape index (κ3) is 2.08. The molecule has 1 aliphatic rings. The van der Waals surface area contributed by atoms with Gasteiger partial charge in [-0.3, -0.25) is 0 Å². The average Bonchev–Trinajstić information content (AvgIpc) is 1.79. The van der Waals surface area contributed by atoms with Gasteiger partial charge < -0.3 is 12.3 Å². The maximum absolute atomic E-state index is 12.4. The van der Waals surface area contributed by atoms with Crippen molar-refractivity contribution in [2.45, 2.75) is 12.3 Å². The third-order valence-electron chi connectivity index (χ3n) is 1.36. The zero-order chi connectivity index (χ0) is 10.3. The fourth-order valence-electron chi connectivity index (χ4n) is 0.740. The molecule has 0 spiro atoms. The van der Waals surface area contributed by atoms with Crippen molar-refractivity contribution < 1.29 is 25.5 Å². The highest BCUT2D eigenvalue weighted by Gasteiger charge is 2.64. The van der Waals surface area contributed by atoms with E-state index in [4.69, 9.17) is 4.12 Å². The number of halogens is 3. The van der Waals surface area contributed by atoms with E-state index in [1.807, 2.05) is 0 Å². The predicted molar refractivity (Wildman–Crippen MR) is 46.7 cm³/mol. The summed E-state index contributed by atoms with van der Waals surface area (Å²) in [5.74, 6) is -4.45. The first kappa shape index (κ1) is 10.7. The first-order chi connectivity index (χ1) is 5.74. The van der Waals surface area contributed by atoms with E-state index in [2.05, 4.69) is 20.6 Å². The Labute approximate surface area is 77.2 Å². The molecule has 0 aromatic carbocycles. The standard InChI is InChI=1S/C4H7F3O3Si3/c1-11-8-12(2)10-13(3,9-11)4(5,6)7/h1-2H2,3H3. The Morgan fingerprint density at radius 1 is 1.15 bits per heavy atom. The summed E-state index contributed by atoms with van der Waals surface area (Å²) >= 11 is 0. The molecule has 0 atom stereocenters. The Bertz CT molecular complexity index is 247. The van der Waals surface area contributed by atoms with E-state index < -0.39 is 32.2 Å². The van der Waals surface area contributed by atoms with Gasteiger partial charge in [-0.15, -0.1) is 0 Å². The second-order valence-corrected chi connectivity index (χ2v) is 8.89. The molecule has 1 heterocycles. The lowest BCUT2D eigenvalue weighted by molar-refractivity contribution is -0.0841. The zero-order valence-electron chi connectivity index (χ0n) is 6.77. The Morgan fingerprint density at radius 2 is 1.54 bits per heavy atom. The monoisotopic (exact) mass is 244 g/mol. The van der Waals surface area contributed by atoms with Gasteiger partial charge in [-0.2, -0.15) is 13.2 Å². The summed E-state index contributed by atoms with van der Waals surface area (Å²) in [6.07, 6.45) is 6.71. The van der Waals surface area contributed by atoms with E-state index in [9.17, 15) is 13.2 Å². The van der Waals surface area contributed by atoms with Gasteiger partial charge in [-0.1, -0.05) is 0 Å². The van der Waals surface area contributed by atoms with E-state index in [0.29, 0.717) is 0 Å². The van der Waals surface area contributed by atoms with E-state index >= 15 is 0 Å². The van der Waals surface area contributed by atoms with Crippen LogP contribution in [0.15, 0.2) is 0 Å². The molecule has 0 aromatic rings. The van der Waals surface area contributed by atoms with Crippen molar-refractivity contribution in [3.63, 3.8) is 0 Å². The van der Waals surface area contributed by atoms with Crippen LogP contribution in [0.25, 0.3) is 0 Å². The van der Waals surface area contributed by atoms with Crippen LogP contribution in [0.3, 0.4) is 0 Å². The van der Waals surface area contributed by atoms with Gasteiger partial charge in [0.05, 0.1) is 0 Å². The molecule has 0 aliphatic carbocycles. The smallest absolute Gasteiger partial charge is 0.546 e. The van der Waals surface area contributed by atoms with Crippen LogP contribution in [0.5, 0.6) is 0 Å². The van der Waals surface area contributed by atoms with Crippen molar-refractivity contribution in [1.82, 2.24) is 0 Å². The Kier molecular flexibility index (Phi) is 2.51. The highest BCUT2D eigenvalue weighted by molar-refractivity contribution is 6.84. The number of hydrogen-bond acceptors (Lipinski definition) is 3. The van der Waals surface area contributed by atoms with Crippen molar-refractivity contribution in [2.75, 3.05) is 0 Å². The molecule has 3 nitrogen and oxygen atoms in total. The second kappa shape index (κ2) is 3.06. The van der Waals surface area contributed by atoms with Crippen LogP contribution in [0.4, 0.5) is 13.2 Å². The van der Waals surface area contributed by atoms with Gasteiger partial charge in [0.2, 0.25) is 0 Å². The molecule has 0 radical (unpaired) electrons. The topological polar surface area (TPSA) is 27.7 Å². The lowest BCUT2D eigenvalue weighted by Gasteiger charge is -2.35. The molecule has 0 saturated carbocycles. The Balaban J connectivity index is 2.91. The first-order valence-electron chi connectivity index (χ1n) is 3.25. The summed E-state index contributed by atoms with van der Waals surface area (Å²) < 4.78 is 51.4. The van der Waals surface area contributed by atoms with Crippen LogP contribution in [0.1, 0.15) is 0 Å². The van der Waals surface area contributed by atoms with Crippen molar-refractivity contribution in [3.8, 4) is 0 Å². The molecule has 0 N–H and O–H groups in total. The number of rotatable bonds is 0. The number of hydrogen-bond donors (Lipinski definition) is 0. The van der Waals surface area contributed by atoms with Crippen LogP contribution in [0.2, 0.25) is 6.55 Å². The summed E-state index contributed by atoms with van der Waals surface area (Å²) in [4.78, 5) is 0. The molecular weight excluding hydrogens is 237 g/mol. The molecule has 0 amide bonds. The first-order valence-corrected chi connectivity index (χ1v) is 8.61. The van der Waals surface area contributed by atoms with Crippen LogP contribution in [0, 0.1) is 0 Å². The maximum Gasteiger partial charge on any atom is 0.548 e. The van der Waals surface area contributed by atoms with Crippen molar-refractivity contribution in [3.05, 3.63) is 0 Å². The quantitative estimate of drug-likeness (QED) is 0.571. The summed E-state index contributed by atoms with van der Waals surface area (Å²) in [6.45, 7) is 0.946. The molecular formula is C4H7F3O3Si3. The van der Waals surface area contributed by atoms with Crippen LogP contribution < -0.4 is 0 Å². The molecule has 1 saturated heterocycles. The van der Waals surface area contributed by atoms with E-state index in [1.54, 1.807) is 0 Å². The zero-order valence-corrected chi connectivity index (χ0v) is 9.77. The van der Waals surface area contributed by atoms with Crippen LogP contribution in [-0.2, 0) is 12.3 Å². The predicted octanol–water partition coefficient (Wildman–Crippen LogP) is 0.227. The van der Waals surface area contributed by atoms with Crippen LogP contribution in [-0.4, -0.2) is 44.5 Å². The molecule has 0 bridgehead atoms. The second-order valence-electron chi connectivity index (χ2n) is 2.49. The van der Waals surface area contributed by atoms with Crippen molar-refractivity contribution in [2.24, 2.45) is 0 Å². The molecule has 1 rings (SSSR count). The highest BCUT2D eigenvalue weighted by atomic mass is 28.5. The lowest BCUT2D eigenvalue weighted by Crippen LogP contribution is -2.61. The van der Waals surface area contributed by atoms with Gasteiger partial charge in [-0.25, -0.2) is 0 Å². The van der Waals surface area contributed by atoms with Gasteiger partial charge in [0.25, 0.3) is 0 Å². The van der Waals surface area contributed by atoms with Crippen LogP contribution >= 0.6 is 0 Å². The van der Waals surface area contributed by atoms with E-state index in [1.165, 1.54) is 0 Å². The Hall–Kier alpha value is -0.419. The normalized spacial score (nSPS) is 21.5. The van der Waals surface area contributed by atoms with E-state index in [0.717, 1.165) is 6.55 Å². The molecule has 1 fully saturated rings. The van der Waals surface area contributed by atoms with Gasteiger partial charge in [-0.05, 0) is 12.3 Å². The SMILES string of the molecule is C=[Si]1O[Si](=C)O[Si](C)(C(F)(F)F)O1. The largest absolute Gasteiger partial charge is 0.548 e. The molecule has 1 aliphatic heterocycles. The summed E-state index contributed by atoms with van der Waals surface area (Å²) in [5.41, 5.74) is 0. The van der Waals surface area contributed by atoms with Crippen molar-refractivity contribution in [1.29, 1.82) is 0 Å². The fraction of sp³-hybridized carbons (Fsp3) is 0.500. The summed E-state index contributed by atoms with van der Waals surface area (Å²) in [7, 11) is -8.29. The Morgan fingerprint density at radius 3 is 1.85 bits per heavy atom. The minimum Gasteiger partial charge on any atom is -0.546 e. The highest BCUT2D eigenvalue weighted by Crippen LogP contribution is 2.31. The molecule has 74 valence electrons. The fourth-order valence-corrected chi connectivity index (χ4v) is 7.78. The van der Waals surface area contributed by atoms with Crippen molar-refractivity contribution >= 4 is 38.7 Å². The maximum atomic E-state index is 12.4. The minimum atomic E-state index is -4.45. The third-order valence-corrected chi connectivity index (χ3v) is 9.15. The van der Waals surface area contributed by atoms with Gasteiger partial charge in [0.15, 0.2) is 0 Å². The minimum absolute atomic E-state index is 0.946. The van der Waals surface area contributed by atoms with Gasteiger partial charge in [0, 0.05) is 6.55 Å². The summed E-state index contributed by atoms with van der Waals surface area (Å²) in [5, 5.41) is 0. The molecule has 0 aromatic heterocycles. The molecule has 9 heteroatoms. The summed E-state index contributed by atoms with van der Waals surface area (Å²) in [6, 6.07) is 0. The lowest BCUT2D eigenvalue weighted by atomic mass is 11.5. The average molecular weight is 244 g/mol. The molecule has 13 heavy (non-hydrogen) atoms. The molecule has 0 unspecified atom stereocenters. The van der Waals surface area contributed by atoms with E-state index in [-0.39, 0.29) is 0 Å².